The Morgan fingerprint density at radius 1 is 1.35 bits per heavy atom. The molecule has 1 unspecified atom stereocenters. The van der Waals surface area contributed by atoms with Crippen molar-refractivity contribution in [3.8, 4) is 0 Å². The molecule has 0 radical (unpaired) electrons. The Morgan fingerprint density at radius 3 is 2.71 bits per heavy atom. The maximum Gasteiger partial charge on any atom is 0.305 e. The number of hydrogen-bond acceptors (Lipinski definition) is 2. The van der Waals surface area contributed by atoms with E-state index >= 15 is 0 Å². The van der Waals surface area contributed by atoms with Crippen LogP contribution >= 0.6 is 11.6 Å². The molecule has 1 aromatic rings. The summed E-state index contributed by atoms with van der Waals surface area (Å²) in [5.41, 5.74) is 2.37. The predicted octanol–water partition coefficient (Wildman–Crippen LogP) is 3.87. The van der Waals surface area contributed by atoms with Crippen molar-refractivity contribution < 1.29 is 9.53 Å². The van der Waals surface area contributed by atoms with E-state index in [1.807, 2.05) is 25.1 Å². The van der Waals surface area contributed by atoms with Crippen LogP contribution < -0.4 is 0 Å². The molecule has 0 aliphatic carbocycles. The summed E-state index contributed by atoms with van der Waals surface area (Å²) in [6, 6.07) is 8.10. The Balaban J connectivity index is 2.57. The SMILES string of the molecule is CCOC(=O)CCC(Cl)c1ccccc1CC. The largest absolute Gasteiger partial charge is 0.466 e. The lowest BCUT2D eigenvalue weighted by atomic mass is 10.00. The van der Waals surface area contributed by atoms with E-state index in [2.05, 4.69) is 13.0 Å². The standard InChI is InChI=1S/C14H19ClO2/c1-3-11-7-5-6-8-12(11)13(15)9-10-14(16)17-4-2/h5-8,13H,3-4,9-10H2,1-2H3. The number of aryl methyl sites for hydroxylation is 1. The third-order valence-corrected chi connectivity index (χ3v) is 3.13. The van der Waals surface area contributed by atoms with Crippen LogP contribution in [0.3, 0.4) is 0 Å². The minimum Gasteiger partial charge on any atom is -0.466 e. The number of ether oxygens (including phenoxy) is 1. The first-order chi connectivity index (χ1) is 8.19. The van der Waals surface area contributed by atoms with Crippen LogP contribution in [0.1, 0.15) is 43.2 Å². The van der Waals surface area contributed by atoms with Gasteiger partial charge in [-0.1, -0.05) is 31.2 Å². The van der Waals surface area contributed by atoms with E-state index in [4.69, 9.17) is 16.3 Å². The highest BCUT2D eigenvalue weighted by atomic mass is 35.5. The molecule has 0 saturated carbocycles. The average molecular weight is 255 g/mol. The number of carbonyl (C=O) groups is 1. The topological polar surface area (TPSA) is 26.3 Å². The first-order valence-electron chi connectivity index (χ1n) is 6.06. The van der Waals surface area contributed by atoms with Gasteiger partial charge in [-0.3, -0.25) is 4.79 Å². The van der Waals surface area contributed by atoms with Crippen LogP contribution in [0.25, 0.3) is 0 Å². The summed E-state index contributed by atoms with van der Waals surface area (Å²) in [4.78, 5) is 11.3. The molecule has 0 spiro atoms. The van der Waals surface area contributed by atoms with Gasteiger partial charge in [0.2, 0.25) is 0 Å². The molecule has 94 valence electrons. The zero-order valence-electron chi connectivity index (χ0n) is 10.4. The van der Waals surface area contributed by atoms with Crippen LogP contribution in [-0.2, 0) is 16.0 Å². The summed E-state index contributed by atoms with van der Waals surface area (Å²) in [7, 11) is 0. The van der Waals surface area contributed by atoms with Gasteiger partial charge in [0.1, 0.15) is 0 Å². The summed E-state index contributed by atoms with van der Waals surface area (Å²) >= 11 is 6.33. The number of rotatable bonds is 6. The quantitative estimate of drug-likeness (QED) is 0.569. The van der Waals surface area contributed by atoms with E-state index in [1.165, 1.54) is 5.56 Å². The molecule has 0 bridgehead atoms. The number of hydrogen-bond donors (Lipinski definition) is 0. The molecule has 0 saturated heterocycles. The van der Waals surface area contributed by atoms with E-state index in [1.54, 1.807) is 0 Å². The number of alkyl halides is 1. The first kappa shape index (κ1) is 14.0. The molecule has 1 aromatic carbocycles. The van der Waals surface area contributed by atoms with Gasteiger partial charge >= 0.3 is 5.97 Å². The highest BCUT2D eigenvalue weighted by molar-refractivity contribution is 6.21. The monoisotopic (exact) mass is 254 g/mol. The molecular formula is C14H19ClO2. The van der Waals surface area contributed by atoms with Crippen LogP contribution in [0.5, 0.6) is 0 Å². The fraction of sp³-hybridized carbons (Fsp3) is 0.500. The summed E-state index contributed by atoms with van der Waals surface area (Å²) in [6.07, 6.45) is 1.95. The van der Waals surface area contributed by atoms with Crippen molar-refractivity contribution in [1.29, 1.82) is 0 Å². The molecule has 2 nitrogen and oxygen atoms in total. The van der Waals surface area contributed by atoms with Crippen LogP contribution in [0, 0.1) is 0 Å². The lowest BCUT2D eigenvalue weighted by Crippen LogP contribution is -2.06. The fourth-order valence-electron chi connectivity index (χ4n) is 1.79. The van der Waals surface area contributed by atoms with Crippen molar-refractivity contribution in [1.82, 2.24) is 0 Å². The van der Waals surface area contributed by atoms with Crippen LogP contribution in [0.15, 0.2) is 24.3 Å². The molecule has 0 aromatic heterocycles. The van der Waals surface area contributed by atoms with Gasteiger partial charge in [-0.15, -0.1) is 11.6 Å². The Bertz CT molecular complexity index is 363. The summed E-state index contributed by atoms with van der Waals surface area (Å²) in [5, 5.41) is -0.115. The van der Waals surface area contributed by atoms with Gasteiger partial charge in [-0.2, -0.15) is 0 Å². The van der Waals surface area contributed by atoms with E-state index in [9.17, 15) is 4.79 Å². The van der Waals surface area contributed by atoms with Crippen LogP contribution in [0.2, 0.25) is 0 Å². The lowest BCUT2D eigenvalue weighted by molar-refractivity contribution is -0.143. The minimum absolute atomic E-state index is 0.115. The average Bonchev–Trinajstić information content (AvgIpc) is 2.36. The summed E-state index contributed by atoms with van der Waals surface area (Å²) in [6.45, 7) is 4.34. The second kappa shape index (κ2) is 7.33. The van der Waals surface area contributed by atoms with E-state index in [-0.39, 0.29) is 11.3 Å². The van der Waals surface area contributed by atoms with Gasteiger partial charge < -0.3 is 4.74 Å². The maximum absolute atomic E-state index is 11.3. The molecule has 0 heterocycles. The maximum atomic E-state index is 11.3. The van der Waals surface area contributed by atoms with Crippen molar-refractivity contribution in [3.05, 3.63) is 35.4 Å². The van der Waals surface area contributed by atoms with Crippen LogP contribution in [0.4, 0.5) is 0 Å². The van der Waals surface area contributed by atoms with E-state index in [0.717, 1.165) is 12.0 Å². The molecule has 1 atom stereocenters. The molecule has 17 heavy (non-hydrogen) atoms. The molecule has 0 amide bonds. The normalized spacial score (nSPS) is 12.2. The summed E-state index contributed by atoms with van der Waals surface area (Å²) in [5.74, 6) is -0.174. The number of carbonyl (C=O) groups excluding carboxylic acids is 1. The summed E-state index contributed by atoms with van der Waals surface area (Å²) < 4.78 is 4.89. The van der Waals surface area contributed by atoms with Crippen molar-refractivity contribution in [2.24, 2.45) is 0 Å². The smallest absolute Gasteiger partial charge is 0.305 e. The number of halogens is 1. The van der Waals surface area contributed by atoms with Gasteiger partial charge in [-0.05, 0) is 30.9 Å². The number of esters is 1. The molecule has 3 heteroatoms. The van der Waals surface area contributed by atoms with Crippen LogP contribution in [-0.4, -0.2) is 12.6 Å². The predicted molar refractivity (Wildman–Crippen MR) is 70.3 cm³/mol. The van der Waals surface area contributed by atoms with E-state index in [0.29, 0.717) is 19.4 Å². The van der Waals surface area contributed by atoms with Crippen molar-refractivity contribution in [2.45, 2.75) is 38.5 Å². The van der Waals surface area contributed by atoms with Crippen molar-refractivity contribution >= 4 is 17.6 Å². The third-order valence-electron chi connectivity index (χ3n) is 2.68. The Labute approximate surface area is 108 Å². The van der Waals surface area contributed by atoms with E-state index < -0.39 is 0 Å². The second-order valence-electron chi connectivity index (χ2n) is 3.86. The molecular weight excluding hydrogens is 236 g/mol. The highest BCUT2D eigenvalue weighted by Gasteiger charge is 2.13. The Hall–Kier alpha value is -1.02. The third kappa shape index (κ3) is 4.39. The second-order valence-corrected chi connectivity index (χ2v) is 4.39. The fourth-order valence-corrected chi connectivity index (χ4v) is 2.12. The zero-order valence-corrected chi connectivity index (χ0v) is 11.2. The van der Waals surface area contributed by atoms with Gasteiger partial charge in [0.25, 0.3) is 0 Å². The molecule has 1 rings (SSSR count). The highest BCUT2D eigenvalue weighted by Crippen LogP contribution is 2.28. The van der Waals surface area contributed by atoms with Gasteiger partial charge in [-0.25, -0.2) is 0 Å². The number of benzene rings is 1. The zero-order chi connectivity index (χ0) is 12.7. The lowest BCUT2D eigenvalue weighted by Gasteiger charge is -2.13. The van der Waals surface area contributed by atoms with Crippen molar-refractivity contribution in [3.63, 3.8) is 0 Å². The molecule has 0 aliphatic rings. The Morgan fingerprint density at radius 2 is 2.06 bits per heavy atom. The first-order valence-corrected chi connectivity index (χ1v) is 6.50. The van der Waals surface area contributed by atoms with Crippen molar-refractivity contribution in [2.75, 3.05) is 6.61 Å². The van der Waals surface area contributed by atoms with Gasteiger partial charge in [0.05, 0.1) is 12.0 Å². The van der Waals surface area contributed by atoms with Gasteiger partial charge in [0.15, 0.2) is 0 Å². The minimum atomic E-state index is -0.174. The van der Waals surface area contributed by atoms with Gasteiger partial charge in [0, 0.05) is 6.42 Å². The Kier molecular flexibility index (Phi) is 6.06. The molecule has 0 aliphatic heterocycles. The molecule has 0 N–H and O–H groups in total. The molecule has 0 fully saturated rings.